The third-order valence-corrected chi connectivity index (χ3v) is 5.55. The molecule has 0 aliphatic rings. The Hall–Kier alpha value is -3.17. The van der Waals surface area contributed by atoms with Gasteiger partial charge in [0.1, 0.15) is 5.82 Å². The number of hydrogen-bond donors (Lipinski definition) is 5. The predicted octanol–water partition coefficient (Wildman–Crippen LogP) is 1.53. The molecule has 0 saturated heterocycles. The first-order chi connectivity index (χ1) is 16.8. The van der Waals surface area contributed by atoms with E-state index in [0.29, 0.717) is 36.9 Å². The molecule has 2 rings (SSSR count). The zero-order valence-corrected chi connectivity index (χ0v) is 21.1. The molecule has 0 aliphatic carbocycles. The molecule has 0 spiro atoms. The molecule has 1 heterocycles. The molecule has 10 heteroatoms. The third-order valence-electron chi connectivity index (χ3n) is 5.29. The van der Waals surface area contributed by atoms with Gasteiger partial charge in [0, 0.05) is 30.2 Å². The van der Waals surface area contributed by atoms with Crippen LogP contribution in [-0.2, 0) is 22.6 Å². The Morgan fingerprint density at radius 3 is 2.57 bits per heavy atom. The fraction of sp³-hybridized carbons (Fsp3) is 0.440. The van der Waals surface area contributed by atoms with Crippen molar-refractivity contribution in [1.82, 2.24) is 26.3 Å². The smallest absolute Gasteiger partial charge is 0.251 e. The number of alkyl halides is 1. The van der Waals surface area contributed by atoms with E-state index >= 15 is 0 Å². The molecule has 0 radical (unpaired) electrons. The third kappa shape index (κ3) is 10.7. The van der Waals surface area contributed by atoms with E-state index in [4.69, 9.17) is 17.3 Å². The van der Waals surface area contributed by atoms with Crippen LogP contribution in [0.1, 0.15) is 40.5 Å². The van der Waals surface area contributed by atoms with Gasteiger partial charge in [0.2, 0.25) is 11.8 Å². The molecule has 0 saturated carbocycles. The SMILES string of the molecule is Cc1nc(N)ccc1CNC(=O)CNC(=O)CNCC(C)Cc1cccc(C(=O)NCCCCl)c1. The highest BCUT2D eigenvalue weighted by atomic mass is 35.5. The zero-order valence-electron chi connectivity index (χ0n) is 20.3. The minimum atomic E-state index is -0.283. The summed E-state index contributed by atoms with van der Waals surface area (Å²) in [5.74, 6) is 0.545. The van der Waals surface area contributed by atoms with Crippen LogP contribution in [0.4, 0.5) is 5.82 Å². The summed E-state index contributed by atoms with van der Waals surface area (Å²) in [6, 6.07) is 11.0. The van der Waals surface area contributed by atoms with Crippen LogP contribution in [0.5, 0.6) is 0 Å². The van der Waals surface area contributed by atoms with Gasteiger partial charge >= 0.3 is 0 Å². The molecular formula is C25H35ClN6O3. The Kier molecular flexibility index (Phi) is 12.0. The first-order valence-electron chi connectivity index (χ1n) is 11.7. The van der Waals surface area contributed by atoms with Crippen LogP contribution < -0.4 is 27.0 Å². The maximum Gasteiger partial charge on any atom is 0.251 e. The second-order valence-electron chi connectivity index (χ2n) is 8.47. The number of aryl methyl sites for hydroxylation is 1. The molecule has 1 unspecified atom stereocenters. The Balaban J connectivity index is 1.64. The van der Waals surface area contributed by atoms with Crippen LogP contribution in [-0.4, -0.2) is 54.8 Å². The molecule has 0 fully saturated rings. The van der Waals surface area contributed by atoms with Gasteiger partial charge in [-0.2, -0.15) is 0 Å². The van der Waals surface area contributed by atoms with Gasteiger partial charge < -0.3 is 27.0 Å². The van der Waals surface area contributed by atoms with E-state index in [1.165, 1.54) is 0 Å². The van der Waals surface area contributed by atoms with E-state index in [-0.39, 0.29) is 36.7 Å². The van der Waals surface area contributed by atoms with Crippen LogP contribution in [0, 0.1) is 12.8 Å². The second kappa shape index (κ2) is 15.0. The van der Waals surface area contributed by atoms with Gasteiger partial charge in [-0.1, -0.05) is 25.1 Å². The number of anilines is 1. The Bertz CT molecular complexity index is 1000. The average Bonchev–Trinajstić information content (AvgIpc) is 2.82. The van der Waals surface area contributed by atoms with Crippen LogP contribution in [0.15, 0.2) is 36.4 Å². The molecule has 0 bridgehead atoms. The number of benzene rings is 1. The lowest BCUT2D eigenvalue weighted by molar-refractivity contribution is -0.125. The monoisotopic (exact) mass is 502 g/mol. The van der Waals surface area contributed by atoms with Crippen molar-refractivity contribution in [1.29, 1.82) is 0 Å². The molecule has 9 nitrogen and oxygen atoms in total. The lowest BCUT2D eigenvalue weighted by Crippen LogP contribution is -2.41. The van der Waals surface area contributed by atoms with E-state index in [2.05, 4.69) is 33.2 Å². The summed E-state index contributed by atoms with van der Waals surface area (Å²) in [7, 11) is 0. The van der Waals surface area contributed by atoms with Crippen molar-refractivity contribution in [2.24, 2.45) is 5.92 Å². The van der Waals surface area contributed by atoms with Crippen molar-refractivity contribution in [2.45, 2.75) is 33.2 Å². The second-order valence-corrected chi connectivity index (χ2v) is 8.85. The van der Waals surface area contributed by atoms with E-state index in [0.717, 1.165) is 29.7 Å². The van der Waals surface area contributed by atoms with E-state index in [9.17, 15) is 14.4 Å². The summed E-state index contributed by atoms with van der Waals surface area (Å²) < 4.78 is 0. The Morgan fingerprint density at radius 2 is 1.83 bits per heavy atom. The maximum absolute atomic E-state index is 12.2. The number of carbonyl (C=O) groups excluding carboxylic acids is 3. The Labute approximate surface area is 211 Å². The molecule has 1 aromatic carbocycles. The predicted molar refractivity (Wildman–Crippen MR) is 138 cm³/mol. The minimum absolute atomic E-state index is 0.0999. The van der Waals surface area contributed by atoms with E-state index in [1.807, 2.05) is 31.2 Å². The van der Waals surface area contributed by atoms with Gasteiger partial charge in [-0.15, -0.1) is 11.6 Å². The largest absolute Gasteiger partial charge is 0.384 e. The van der Waals surface area contributed by atoms with E-state index < -0.39 is 0 Å². The van der Waals surface area contributed by atoms with Gasteiger partial charge in [-0.05, 0) is 61.6 Å². The quantitative estimate of drug-likeness (QED) is 0.196. The van der Waals surface area contributed by atoms with Gasteiger partial charge in [-0.3, -0.25) is 14.4 Å². The molecule has 0 aliphatic heterocycles. The van der Waals surface area contributed by atoms with E-state index in [1.54, 1.807) is 12.1 Å². The summed E-state index contributed by atoms with van der Waals surface area (Å²) in [4.78, 5) is 40.4. The molecule has 3 amide bonds. The number of carbonyl (C=O) groups is 3. The summed E-state index contributed by atoms with van der Waals surface area (Å²) in [5, 5.41) is 11.3. The number of nitrogens with zero attached hydrogens (tertiary/aromatic N) is 1. The van der Waals surface area contributed by atoms with Crippen molar-refractivity contribution in [3.8, 4) is 0 Å². The molecule has 1 atom stereocenters. The summed E-state index contributed by atoms with van der Waals surface area (Å²) in [6.07, 6.45) is 1.49. The fourth-order valence-corrected chi connectivity index (χ4v) is 3.54. The minimum Gasteiger partial charge on any atom is -0.384 e. The van der Waals surface area contributed by atoms with Crippen LogP contribution in [0.3, 0.4) is 0 Å². The van der Waals surface area contributed by atoms with Gasteiger partial charge in [-0.25, -0.2) is 4.98 Å². The van der Waals surface area contributed by atoms with Crippen molar-refractivity contribution < 1.29 is 14.4 Å². The Morgan fingerprint density at radius 1 is 1.06 bits per heavy atom. The number of rotatable bonds is 14. The van der Waals surface area contributed by atoms with Crippen molar-refractivity contribution in [3.05, 3.63) is 58.8 Å². The van der Waals surface area contributed by atoms with Crippen molar-refractivity contribution in [3.63, 3.8) is 0 Å². The number of pyridine rings is 1. The topological polar surface area (TPSA) is 138 Å². The maximum atomic E-state index is 12.2. The molecular weight excluding hydrogens is 468 g/mol. The first-order valence-corrected chi connectivity index (χ1v) is 12.2. The lowest BCUT2D eigenvalue weighted by atomic mass is 9.99. The first kappa shape index (κ1) is 28.1. The molecule has 6 N–H and O–H groups in total. The molecule has 35 heavy (non-hydrogen) atoms. The standard InChI is InChI=1S/C25H35ClN6O3/c1-17(11-19-5-3-6-20(12-19)25(35)29-10-4-9-26)13-28-15-23(33)31-16-24(34)30-14-21-7-8-22(27)32-18(21)2/h3,5-8,12,17,28H,4,9-11,13-16H2,1-2H3,(H2,27,32)(H,29,35)(H,30,34)(H,31,33). The molecule has 2 aromatic rings. The van der Waals surface area contributed by atoms with Crippen molar-refractivity contribution in [2.75, 3.05) is 37.8 Å². The number of nitrogens with one attached hydrogen (secondary N) is 4. The zero-order chi connectivity index (χ0) is 25.6. The van der Waals surface area contributed by atoms with Crippen LogP contribution >= 0.6 is 11.6 Å². The lowest BCUT2D eigenvalue weighted by Gasteiger charge is -2.14. The highest BCUT2D eigenvalue weighted by Gasteiger charge is 2.10. The highest BCUT2D eigenvalue weighted by Crippen LogP contribution is 2.11. The summed E-state index contributed by atoms with van der Waals surface area (Å²) in [5.41, 5.74) is 8.92. The van der Waals surface area contributed by atoms with Crippen LogP contribution in [0.2, 0.25) is 0 Å². The van der Waals surface area contributed by atoms with Gasteiger partial charge in [0.05, 0.1) is 13.1 Å². The summed E-state index contributed by atoms with van der Waals surface area (Å²) in [6.45, 7) is 5.40. The normalized spacial score (nSPS) is 11.5. The molecule has 190 valence electrons. The number of nitrogens with two attached hydrogens (primary N) is 1. The van der Waals surface area contributed by atoms with Gasteiger partial charge in [0.25, 0.3) is 5.91 Å². The highest BCUT2D eigenvalue weighted by molar-refractivity contribution is 6.17. The fourth-order valence-electron chi connectivity index (χ4n) is 3.41. The number of halogens is 1. The number of nitrogen functional groups attached to an aromatic ring is 1. The average molecular weight is 503 g/mol. The van der Waals surface area contributed by atoms with Gasteiger partial charge in [0.15, 0.2) is 0 Å². The number of hydrogen-bond acceptors (Lipinski definition) is 6. The number of aromatic nitrogens is 1. The molecule has 1 aromatic heterocycles. The summed E-state index contributed by atoms with van der Waals surface area (Å²) >= 11 is 5.64. The number of amides is 3. The van der Waals surface area contributed by atoms with Crippen molar-refractivity contribution >= 4 is 35.1 Å². The van der Waals surface area contributed by atoms with Crippen LogP contribution in [0.25, 0.3) is 0 Å².